The number of carbonyl (C=O) groups is 1. The molecular weight excluding hydrogens is 196 g/mol. The fraction of sp³-hybridized carbons (Fsp3) is 0.900. The van der Waals surface area contributed by atoms with E-state index < -0.39 is 0 Å². The van der Waals surface area contributed by atoms with E-state index in [4.69, 9.17) is 0 Å². The van der Waals surface area contributed by atoms with E-state index in [2.05, 4.69) is 18.5 Å². The molecule has 3 nitrogen and oxygen atoms in total. The summed E-state index contributed by atoms with van der Waals surface area (Å²) in [5, 5.41) is 3.04. The van der Waals surface area contributed by atoms with Crippen LogP contribution in [-0.4, -0.2) is 42.1 Å². The van der Waals surface area contributed by atoms with E-state index in [1.807, 2.05) is 18.7 Å². The molecule has 2 amide bonds. The molecule has 0 heterocycles. The van der Waals surface area contributed by atoms with Gasteiger partial charge >= 0.3 is 6.03 Å². The van der Waals surface area contributed by atoms with E-state index in [9.17, 15) is 4.79 Å². The quantitative estimate of drug-likeness (QED) is 0.741. The normalized spacial score (nSPS) is 12.3. The Morgan fingerprint density at radius 2 is 1.93 bits per heavy atom. The minimum Gasteiger partial charge on any atom is -0.334 e. The SMILES string of the molecule is CCC(CSC)NC(=O)N(CC)CC. The molecule has 4 heteroatoms. The van der Waals surface area contributed by atoms with Crippen molar-refractivity contribution in [3.63, 3.8) is 0 Å². The van der Waals surface area contributed by atoms with E-state index in [0.29, 0.717) is 6.04 Å². The summed E-state index contributed by atoms with van der Waals surface area (Å²) in [6, 6.07) is 0.369. The van der Waals surface area contributed by atoms with E-state index in [0.717, 1.165) is 25.3 Å². The van der Waals surface area contributed by atoms with Crippen molar-refractivity contribution in [3.8, 4) is 0 Å². The van der Waals surface area contributed by atoms with Gasteiger partial charge in [0.1, 0.15) is 0 Å². The minimum atomic E-state index is 0.0656. The fourth-order valence-corrected chi connectivity index (χ4v) is 1.96. The second kappa shape index (κ2) is 7.97. The molecule has 0 aromatic rings. The van der Waals surface area contributed by atoms with Crippen molar-refractivity contribution in [1.82, 2.24) is 10.2 Å². The Balaban J connectivity index is 3.99. The topological polar surface area (TPSA) is 32.3 Å². The van der Waals surface area contributed by atoms with Crippen LogP contribution in [0, 0.1) is 0 Å². The third-order valence-corrected chi connectivity index (χ3v) is 2.97. The van der Waals surface area contributed by atoms with Crippen LogP contribution in [0.5, 0.6) is 0 Å². The number of carbonyl (C=O) groups excluding carboxylic acids is 1. The molecule has 0 rings (SSSR count). The van der Waals surface area contributed by atoms with Gasteiger partial charge in [0.15, 0.2) is 0 Å². The second-order valence-electron chi connectivity index (χ2n) is 3.18. The van der Waals surface area contributed by atoms with Crippen LogP contribution >= 0.6 is 11.8 Å². The zero-order valence-corrected chi connectivity index (χ0v) is 10.5. The first-order valence-electron chi connectivity index (χ1n) is 5.23. The summed E-state index contributed by atoms with van der Waals surface area (Å²) in [6.07, 6.45) is 3.06. The van der Waals surface area contributed by atoms with Gasteiger partial charge in [0.05, 0.1) is 0 Å². The molecule has 0 aliphatic heterocycles. The molecule has 0 aliphatic rings. The molecule has 0 radical (unpaired) electrons. The molecule has 0 aromatic heterocycles. The van der Waals surface area contributed by atoms with Crippen molar-refractivity contribution in [2.45, 2.75) is 33.2 Å². The highest BCUT2D eigenvalue weighted by Crippen LogP contribution is 2.02. The van der Waals surface area contributed by atoms with Gasteiger partial charge in [-0.2, -0.15) is 11.8 Å². The van der Waals surface area contributed by atoms with Gasteiger partial charge in [-0.15, -0.1) is 0 Å². The smallest absolute Gasteiger partial charge is 0.317 e. The lowest BCUT2D eigenvalue weighted by Gasteiger charge is -2.23. The zero-order chi connectivity index (χ0) is 11.0. The molecule has 0 fully saturated rings. The standard InChI is InChI=1S/C10H22N2OS/c1-5-9(8-14-4)11-10(13)12(6-2)7-3/h9H,5-8H2,1-4H3,(H,11,13). The molecule has 1 N–H and O–H groups in total. The average molecular weight is 218 g/mol. The van der Waals surface area contributed by atoms with Crippen LogP contribution in [0.3, 0.4) is 0 Å². The molecule has 1 unspecified atom stereocenters. The monoisotopic (exact) mass is 218 g/mol. The second-order valence-corrected chi connectivity index (χ2v) is 4.09. The first kappa shape index (κ1) is 13.6. The van der Waals surface area contributed by atoms with Crippen LogP contribution < -0.4 is 5.32 Å². The highest BCUT2D eigenvalue weighted by atomic mass is 32.2. The van der Waals surface area contributed by atoms with Crippen molar-refractivity contribution in [2.75, 3.05) is 25.1 Å². The summed E-state index contributed by atoms with van der Waals surface area (Å²) in [5.41, 5.74) is 0. The zero-order valence-electron chi connectivity index (χ0n) is 9.67. The van der Waals surface area contributed by atoms with Crippen molar-refractivity contribution in [1.29, 1.82) is 0 Å². The minimum absolute atomic E-state index is 0.0656. The van der Waals surface area contributed by atoms with Gasteiger partial charge in [-0.25, -0.2) is 4.79 Å². The van der Waals surface area contributed by atoms with E-state index >= 15 is 0 Å². The summed E-state index contributed by atoms with van der Waals surface area (Å²) in [6.45, 7) is 7.65. The number of urea groups is 1. The van der Waals surface area contributed by atoms with Gasteiger partial charge in [-0.3, -0.25) is 0 Å². The Hall–Kier alpha value is -0.380. The predicted molar refractivity (Wildman–Crippen MR) is 63.9 cm³/mol. The summed E-state index contributed by atoms with van der Waals surface area (Å²) in [7, 11) is 0. The van der Waals surface area contributed by atoms with Gasteiger partial charge in [-0.1, -0.05) is 6.92 Å². The molecule has 0 bridgehead atoms. The number of hydrogen-bond acceptors (Lipinski definition) is 2. The maximum absolute atomic E-state index is 11.7. The van der Waals surface area contributed by atoms with Crippen molar-refractivity contribution in [2.24, 2.45) is 0 Å². The van der Waals surface area contributed by atoms with Crippen LogP contribution in [0.1, 0.15) is 27.2 Å². The lowest BCUT2D eigenvalue weighted by atomic mass is 10.2. The Bertz CT molecular complexity index is 160. The maximum Gasteiger partial charge on any atom is 0.317 e. The number of thioether (sulfide) groups is 1. The van der Waals surface area contributed by atoms with E-state index in [1.54, 1.807) is 11.8 Å². The molecule has 0 aliphatic carbocycles. The molecule has 84 valence electrons. The van der Waals surface area contributed by atoms with Gasteiger partial charge in [0, 0.05) is 24.9 Å². The highest BCUT2D eigenvalue weighted by molar-refractivity contribution is 7.98. The molecular formula is C10H22N2OS. The number of amides is 2. The molecule has 0 aromatic carbocycles. The summed E-state index contributed by atoms with van der Waals surface area (Å²) in [5.74, 6) is 0.990. The third kappa shape index (κ3) is 4.74. The molecule has 0 spiro atoms. The number of hydrogen-bond donors (Lipinski definition) is 1. The summed E-state index contributed by atoms with van der Waals surface area (Å²) >= 11 is 1.77. The van der Waals surface area contributed by atoms with Crippen LogP contribution in [0.15, 0.2) is 0 Å². The first-order valence-corrected chi connectivity index (χ1v) is 6.63. The Morgan fingerprint density at radius 1 is 1.36 bits per heavy atom. The number of nitrogens with one attached hydrogen (secondary N) is 1. The van der Waals surface area contributed by atoms with E-state index in [-0.39, 0.29) is 6.03 Å². The largest absolute Gasteiger partial charge is 0.334 e. The van der Waals surface area contributed by atoms with Gasteiger partial charge in [0.25, 0.3) is 0 Å². The summed E-state index contributed by atoms with van der Waals surface area (Å²) < 4.78 is 0. The van der Waals surface area contributed by atoms with Gasteiger partial charge < -0.3 is 10.2 Å². The van der Waals surface area contributed by atoms with Gasteiger partial charge in [0.2, 0.25) is 0 Å². The Labute approximate surface area is 91.6 Å². The lowest BCUT2D eigenvalue weighted by molar-refractivity contribution is 0.200. The first-order chi connectivity index (χ1) is 6.69. The fourth-order valence-electron chi connectivity index (χ4n) is 1.24. The number of nitrogens with zero attached hydrogens (tertiary/aromatic N) is 1. The molecule has 1 atom stereocenters. The average Bonchev–Trinajstić information content (AvgIpc) is 2.19. The van der Waals surface area contributed by atoms with Crippen LogP contribution in [0.4, 0.5) is 4.79 Å². The van der Waals surface area contributed by atoms with Crippen molar-refractivity contribution in [3.05, 3.63) is 0 Å². The molecule has 0 saturated carbocycles. The number of rotatable bonds is 6. The highest BCUT2D eigenvalue weighted by Gasteiger charge is 2.13. The van der Waals surface area contributed by atoms with Crippen LogP contribution in [-0.2, 0) is 0 Å². The Kier molecular flexibility index (Phi) is 7.76. The summed E-state index contributed by atoms with van der Waals surface area (Å²) in [4.78, 5) is 13.5. The third-order valence-electron chi connectivity index (χ3n) is 2.24. The van der Waals surface area contributed by atoms with Crippen molar-refractivity contribution >= 4 is 17.8 Å². The maximum atomic E-state index is 11.7. The molecule has 14 heavy (non-hydrogen) atoms. The van der Waals surface area contributed by atoms with Crippen molar-refractivity contribution < 1.29 is 4.79 Å². The molecule has 0 saturated heterocycles. The van der Waals surface area contributed by atoms with Gasteiger partial charge in [-0.05, 0) is 26.5 Å². The van der Waals surface area contributed by atoms with Crippen LogP contribution in [0.2, 0.25) is 0 Å². The lowest BCUT2D eigenvalue weighted by Crippen LogP contribution is -2.45. The van der Waals surface area contributed by atoms with Crippen LogP contribution in [0.25, 0.3) is 0 Å². The van der Waals surface area contributed by atoms with E-state index in [1.165, 1.54) is 0 Å². The predicted octanol–water partition coefficient (Wildman–Crippen LogP) is 2.18. The Morgan fingerprint density at radius 3 is 2.29 bits per heavy atom.